The average molecular weight is 349 g/mol. The molecule has 1 aromatic carbocycles. The maximum Gasteiger partial charge on any atom is 0.0238 e. The van der Waals surface area contributed by atoms with Gasteiger partial charge in [-0.25, -0.2) is 0 Å². The minimum Gasteiger partial charge on any atom is -0.161 e. The normalized spacial score (nSPS) is 10.4. The van der Waals surface area contributed by atoms with E-state index in [9.17, 15) is 0 Å². The molecule has 1 rings (SSSR count). The van der Waals surface area contributed by atoms with Gasteiger partial charge in [0.25, 0.3) is 0 Å². The fraction of sp³-hybridized carbons (Fsp3) is 0.571. The van der Waals surface area contributed by atoms with Crippen LogP contribution in [-0.2, 0) is 0 Å². The van der Waals surface area contributed by atoms with E-state index in [-0.39, 0.29) is 0 Å². The first-order chi connectivity index (χ1) is 11.2. The van der Waals surface area contributed by atoms with Crippen LogP contribution < -0.4 is 0 Å². The van der Waals surface area contributed by atoms with E-state index >= 15 is 0 Å². The Hall–Kier alpha value is -0.560. The Morgan fingerprint density at radius 1 is 0.957 bits per heavy atom. The van der Waals surface area contributed by atoms with Crippen molar-refractivity contribution in [1.82, 2.24) is 0 Å². The third-order valence-corrected chi connectivity index (χ3v) is 5.97. The molecule has 0 heterocycles. The van der Waals surface area contributed by atoms with E-state index in [4.69, 9.17) is 0 Å². The van der Waals surface area contributed by atoms with Crippen molar-refractivity contribution in [3.8, 4) is 0 Å². The van der Waals surface area contributed by atoms with Crippen molar-refractivity contribution in [2.24, 2.45) is 0 Å². The fourth-order valence-corrected chi connectivity index (χ4v) is 4.24. The van der Waals surface area contributed by atoms with Crippen molar-refractivity contribution in [2.75, 3.05) is 17.3 Å². The van der Waals surface area contributed by atoms with Crippen molar-refractivity contribution in [1.29, 1.82) is 0 Å². The second kappa shape index (κ2) is 12.8. The molecule has 0 spiro atoms. The van der Waals surface area contributed by atoms with E-state index in [0.29, 0.717) is 0 Å². The van der Waals surface area contributed by atoms with E-state index in [1.165, 1.54) is 64.5 Å². The number of hydrogen-bond donors (Lipinski definition) is 0. The molecule has 0 aromatic heterocycles. The Kier molecular flexibility index (Phi) is 11.4. The highest BCUT2D eigenvalue weighted by Gasteiger charge is 2.02. The molecule has 0 aliphatic rings. The molecule has 0 nitrogen and oxygen atoms in total. The van der Waals surface area contributed by atoms with Crippen LogP contribution in [0, 0.1) is 6.92 Å². The molecule has 0 bridgehead atoms. The highest BCUT2D eigenvalue weighted by Crippen LogP contribution is 2.24. The largest absolute Gasteiger partial charge is 0.161 e. The summed E-state index contributed by atoms with van der Waals surface area (Å²) in [5.41, 5.74) is 7.70. The molecule has 0 atom stereocenters. The summed E-state index contributed by atoms with van der Waals surface area (Å²) in [6.07, 6.45) is 6.25. The number of hydrogen-bond acceptors (Lipinski definition) is 2. The van der Waals surface area contributed by atoms with Crippen LogP contribution in [0.15, 0.2) is 34.9 Å². The van der Waals surface area contributed by atoms with Gasteiger partial charge in [0.2, 0.25) is 0 Å². The van der Waals surface area contributed by atoms with Gasteiger partial charge in [0, 0.05) is 22.0 Å². The minimum atomic E-state index is 1.13. The average Bonchev–Trinajstić information content (AvgIpc) is 2.55. The van der Waals surface area contributed by atoms with Gasteiger partial charge in [0.05, 0.1) is 0 Å². The van der Waals surface area contributed by atoms with E-state index in [0.717, 1.165) is 6.42 Å². The summed E-state index contributed by atoms with van der Waals surface area (Å²) in [6, 6.07) is 8.89. The number of allylic oxidation sites excluding steroid dienone is 1. The van der Waals surface area contributed by atoms with Gasteiger partial charge >= 0.3 is 0 Å². The fourth-order valence-electron chi connectivity index (χ4n) is 2.24. The molecule has 0 radical (unpaired) electrons. The third kappa shape index (κ3) is 9.35. The van der Waals surface area contributed by atoms with Crippen molar-refractivity contribution >= 4 is 29.1 Å². The summed E-state index contributed by atoms with van der Waals surface area (Å²) in [4.78, 5) is 1.33. The van der Waals surface area contributed by atoms with Gasteiger partial charge < -0.3 is 0 Å². The van der Waals surface area contributed by atoms with Crippen LogP contribution in [0.4, 0.5) is 0 Å². The molecule has 0 aliphatic heterocycles. The van der Waals surface area contributed by atoms with Gasteiger partial charge in [-0.15, -0.1) is 17.5 Å². The summed E-state index contributed by atoms with van der Waals surface area (Å²) in [6.45, 7) is 8.87. The van der Waals surface area contributed by atoms with E-state index in [2.05, 4.69) is 69.5 Å². The van der Waals surface area contributed by atoms with Crippen LogP contribution in [-0.4, -0.2) is 17.3 Å². The first kappa shape index (κ1) is 20.5. The predicted molar refractivity (Wildman–Crippen MR) is 112 cm³/mol. The monoisotopic (exact) mass is 348 g/mol. The Morgan fingerprint density at radius 3 is 2.30 bits per heavy atom. The van der Waals surface area contributed by atoms with Gasteiger partial charge in [-0.3, -0.25) is 0 Å². The van der Waals surface area contributed by atoms with E-state index < -0.39 is 0 Å². The Morgan fingerprint density at radius 2 is 1.65 bits per heavy atom. The quantitative estimate of drug-likeness (QED) is 0.303. The topological polar surface area (TPSA) is 0 Å². The summed E-state index contributed by atoms with van der Waals surface area (Å²) in [5, 5.41) is 0. The molecule has 2 heteroatoms. The molecular formula is C21H32S2. The molecular weight excluding hydrogens is 316 g/mol. The van der Waals surface area contributed by atoms with Crippen molar-refractivity contribution in [3.05, 3.63) is 46.0 Å². The molecule has 0 aliphatic carbocycles. The minimum absolute atomic E-state index is 1.13. The Bertz CT molecular complexity index is 493. The molecule has 128 valence electrons. The SMILES string of the molecule is CCCCSCCSC(C)=C=C(CCCC)c1ccc(C)cc1. The number of rotatable bonds is 11. The lowest BCUT2D eigenvalue weighted by molar-refractivity contribution is 0.824. The van der Waals surface area contributed by atoms with Crippen LogP contribution >= 0.6 is 23.5 Å². The highest BCUT2D eigenvalue weighted by molar-refractivity contribution is 8.05. The van der Waals surface area contributed by atoms with Crippen LogP contribution in [0.1, 0.15) is 64.0 Å². The van der Waals surface area contributed by atoms with E-state index in [1.807, 2.05) is 11.8 Å². The number of unbranched alkanes of at least 4 members (excludes halogenated alkanes) is 2. The zero-order valence-corrected chi connectivity index (χ0v) is 16.9. The summed E-state index contributed by atoms with van der Waals surface area (Å²) < 4.78 is 0. The smallest absolute Gasteiger partial charge is 0.0238 e. The summed E-state index contributed by atoms with van der Waals surface area (Å²) in [5.74, 6) is 3.75. The molecule has 0 saturated carbocycles. The molecule has 0 N–H and O–H groups in total. The molecule has 0 unspecified atom stereocenters. The van der Waals surface area contributed by atoms with Gasteiger partial charge in [-0.2, -0.15) is 11.8 Å². The highest BCUT2D eigenvalue weighted by atomic mass is 32.2. The second-order valence-corrected chi connectivity index (χ2v) is 8.48. The molecule has 0 amide bonds. The lowest BCUT2D eigenvalue weighted by Crippen LogP contribution is -1.87. The number of benzene rings is 1. The van der Waals surface area contributed by atoms with Gasteiger partial charge in [-0.05, 0) is 44.4 Å². The third-order valence-electron chi connectivity index (χ3n) is 3.70. The maximum absolute atomic E-state index is 3.68. The lowest BCUT2D eigenvalue weighted by atomic mass is 10.00. The van der Waals surface area contributed by atoms with Gasteiger partial charge in [0.1, 0.15) is 0 Å². The molecule has 0 saturated heterocycles. The van der Waals surface area contributed by atoms with Gasteiger partial charge in [-0.1, -0.05) is 56.5 Å². The summed E-state index contributed by atoms with van der Waals surface area (Å²) >= 11 is 4.04. The molecule has 1 aromatic rings. The van der Waals surface area contributed by atoms with Crippen molar-refractivity contribution in [3.63, 3.8) is 0 Å². The Labute approximate surface area is 152 Å². The molecule has 0 fully saturated rings. The molecule has 23 heavy (non-hydrogen) atoms. The van der Waals surface area contributed by atoms with Crippen LogP contribution in [0.5, 0.6) is 0 Å². The lowest BCUT2D eigenvalue weighted by Gasteiger charge is -2.06. The van der Waals surface area contributed by atoms with Gasteiger partial charge in [0.15, 0.2) is 0 Å². The van der Waals surface area contributed by atoms with E-state index in [1.54, 1.807) is 0 Å². The van der Waals surface area contributed by atoms with Crippen LogP contribution in [0.3, 0.4) is 0 Å². The van der Waals surface area contributed by atoms with Crippen LogP contribution in [0.25, 0.3) is 5.57 Å². The Balaban J connectivity index is 2.66. The maximum atomic E-state index is 3.68. The zero-order valence-electron chi connectivity index (χ0n) is 15.3. The first-order valence-corrected chi connectivity index (χ1v) is 11.0. The predicted octanol–water partition coefficient (Wildman–Crippen LogP) is 7.34. The standard InChI is InChI=1S/C21H32S2/c1-5-7-9-21(20-12-10-18(3)11-13-20)17-19(4)23-16-15-22-14-8-6-2/h10-13H,5-9,14-16H2,1-4H3. The second-order valence-electron chi connectivity index (χ2n) is 5.94. The van der Waals surface area contributed by atoms with Crippen molar-refractivity contribution in [2.45, 2.75) is 59.8 Å². The number of aryl methyl sites for hydroxylation is 1. The number of thioether (sulfide) groups is 2. The summed E-state index contributed by atoms with van der Waals surface area (Å²) in [7, 11) is 0. The van der Waals surface area contributed by atoms with Crippen LogP contribution in [0.2, 0.25) is 0 Å². The zero-order chi connectivity index (χ0) is 16.9. The first-order valence-electron chi connectivity index (χ1n) is 8.91. The van der Waals surface area contributed by atoms with Crippen molar-refractivity contribution < 1.29 is 0 Å².